The Morgan fingerprint density at radius 2 is 1.79 bits per heavy atom. The predicted octanol–water partition coefficient (Wildman–Crippen LogP) is 2.29. The fraction of sp³-hybridized carbons (Fsp3) is 0.0769. The van der Waals surface area contributed by atoms with Gasteiger partial charge in [-0.2, -0.15) is 0 Å². The molecule has 0 spiro atoms. The van der Waals surface area contributed by atoms with Crippen LogP contribution in [0, 0.1) is 0 Å². The highest BCUT2D eigenvalue weighted by Crippen LogP contribution is 2.31. The van der Waals surface area contributed by atoms with E-state index >= 15 is 0 Å². The molecule has 3 aromatic rings. The summed E-state index contributed by atoms with van der Waals surface area (Å²) in [4.78, 5) is 27.5. The predicted molar refractivity (Wildman–Crippen MR) is 74.7 cm³/mol. The van der Waals surface area contributed by atoms with E-state index in [2.05, 4.69) is 25.9 Å². The molecular formula is C13H9BrN2O3. The second-order valence-corrected chi connectivity index (χ2v) is 5.01. The van der Waals surface area contributed by atoms with Crippen LogP contribution in [-0.2, 0) is 0 Å². The van der Waals surface area contributed by atoms with E-state index in [-0.39, 0.29) is 4.83 Å². The van der Waals surface area contributed by atoms with Gasteiger partial charge in [-0.05, 0) is 29.8 Å². The molecule has 6 heteroatoms. The number of hydrogen-bond acceptors (Lipinski definition) is 3. The van der Waals surface area contributed by atoms with Gasteiger partial charge in [-0.15, -0.1) is 0 Å². The van der Waals surface area contributed by atoms with Crippen molar-refractivity contribution < 1.29 is 4.42 Å². The number of rotatable bonds is 2. The molecule has 0 amide bonds. The van der Waals surface area contributed by atoms with Crippen molar-refractivity contribution in [2.75, 3.05) is 0 Å². The molecule has 96 valence electrons. The molecule has 2 N–H and O–H groups in total. The summed E-state index contributed by atoms with van der Waals surface area (Å²) in [5.74, 6) is 0.770. The molecule has 0 aliphatic heterocycles. The molecule has 2 aromatic heterocycles. The summed E-state index contributed by atoms with van der Waals surface area (Å²) in [5.41, 5.74) is 0.784. The van der Waals surface area contributed by atoms with Gasteiger partial charge in [0, 0.05) is 0 Å². The minimum Gasteiger partial charge on any atom is -0.468 e. The highest BCUT2D eigenvalue weighted by atomic mass is 79.9. The van der Waals surface area contributed by atoms with Crippen LogP contribution in [0.5, 0.6) is 0 Å². The third kappa shape index (κ3) is 2.15. The van der Waals surface area contributed by atoms with Crippen LogP contribution in [0.15, 0.2) is 50.6 Å². The summed E-state index contributed by atoms with van der Waals surface area (Å²) in [6, 6.07) is 9.08. The van der Waals surface area contributed by atoms with E-state index in [1.165, 1.54) is 0 Å². The van der Waals surface area contributed by atoms with Crippen molar-refractivity contribution >= 4 is 27.0 Å². The summed E-state index contributed by atoms with van der Waals surface area (Å²) < 4.78 is 5.33. The summed E-state index contributed by atoms with van der Waals surface area (Å²) in [5, 5.41) is 0. The fourth-order valence-corrected chi connectivity index (χ4v) is 2.44. The minimum atomic E-state index is -0.659. The van der Waals surface area contributed by atoms with Crippen molar-refractivity contribution in [2.24, 2.45) is 0 Å². The third-order valence-electron chi connectivity index (χ3n) is 2.83. The molecular weight excluding hydrogens is 312 g/mol. The SMILES string of the molecule is O=c1[nH]c2ccc(C(Br)c3ccco3)cc2[nH]c1=O. The first-order valence-electron chi connectivity index (χ1n) is 5.59. The molecule has 3 rings (SSSR count). The zero-order valence-electron chi connectivity index (χ0n) is 9.64. The van der Waals surface area contributed by atoms with Crippen LogP contribution in [0.3, 0.4) is 0 Å². The van der Waals surface area contributed by atoms with Crippen molar-refractivity contribution in [3.05, 3.63) is 68.6 Å². The Bertz CT molecular complexity index is 833. The number of halogens is 1. The number of nitrogens with one attached hydrogen (secondary N) is 2. The van der Waals surface area contributed by atoms with Crippen LogP contribution in [-0.4, -0.2) is 9.97 Å². The van der Waals surface area contributed by atoms with Crippen LogP contribution in [0.1, 0.15) is 16.2 Å². The topological polar surface area (TPSA) is 78.9 Å². The Labute approximate surface area is 115 Å². The quantitative estimate of drug-likeness (QED) is 0.561. The van der Waals surface area contributed by atoms with Crippen LogP contribution in [0.25, 0.3) is 11.0 Å². The molecule has 1 atom stereocenters. The highest BCUT2D eigenvalue weighted by molar-refractivity contribution is 9.09. The van der Waals surface area contributed by atoms with E-state index in [1.54, 1.807) is 18.4 Å². The van der Waals surface area contributed by atoms with Crippen molar-refractivity contribution in [3.63, 3.8) is 0 Å². The molecule has 1 unspecified atom stereocenters. The zero-order valence-corrected chi connectivity index (χ0v) is 11.2. The van der Waals surface area contributed by atoms with E-state index in [0.717, 1.165) is 11.3 Å². The molecule has 0 aliphatic rings. The largest absolute Gasteiger partial charge is 0.468 e. The third-order valence-corrected chi connectivity index (χ3v) is 3.81. The number of H-pyrrole nitrogens is 2. The van der Waals surface area contributed by atoms with Gasteiger partial charge in [-0.25, -0.2) is 0 Å². The fourth-order valence-electron chi connectivity index (χ4n) is 1.89. The molecule has 0 saturated carbocycles. The van der Waals surface area contributed by atoms with Crippen LogP contribution in [0.4, 0.5) is 0 Å². The average Bonchev–Trinajstić information content (AvgIpc) is 2.93. The van der Waals surface area contributed by atoms with Gasteiger partial charge in [-0.1, -0.05) is 22.0 Å². The number of furan rings is 1. The standard InChI is InChI=1S/C13H9BrN2O3/c14-11(10-2-1-5-19-10)7-3-4-8-9(6-7)16-13(18)12(17)15-8/h1-6,11H,(H,15,17)(H,16,18). The summed E-state index contributed by atoms with van der Waals surface area (Å²) in [6.45, 7) is 0. The number of aromatic amines is 2. The number of benzene rings is 1. The molecule has 0 saturated heterocycles. The van der Waals surface area contributed by atoms with E-state index in [4.69, 9.17) is 4.42 Å². The zero-order chi connectivity index (χ0) is 13.4. The van der Waals surface area contributed by atoms with E-state index < -0.39 is 11.1 Å². The Kier molecular flexibility index (Phi) is 2.87. The monoisotopic (exact) mass is 320 g/mol. The van der Waals surface area contributed by atoms with Gasteiger partial charge in [0.2, 0.25) is 0 Å². The Hall–Kier alpha value is -2.08. The van der Waals surface area contributed by atoms with E-state index in [1.807, 2.05) is 18.2 Å². The first-order chi connectivity index (χ1) is 9.15. The van der Waals surface area contributed by atoms with Gasteiger partial charge in [0.25, 0.3) is 0 Å². The van der Waals surface area contributed by atoms with Gasteiger partial charge < -0.3 is 14.4 Å². The molecule has 19 heavy (non-hydrogen) atoms. The van der Waals surface area contributed by atoms with E-state index in [9.17, 15) is 9.59 Å². The lowest BCUT2D eigenvalue weighted by Gasteiger charge is -2.08. The first-order valence-corrected chi connectivity index (χ1v) is 6.50. The molecule has 2 heterocycles. The van der Waals surface area contributed by atoms with E-state index in [0.29, 0.717) is 11.0 Å². The molecule has 5 nitrogen and oxygen atoms in total. The maximum atomic E-state index is 11.3. The lowest BCUT2D eigenvalue weighted by Crippen LogP contribution is -2.28. The summed E-state index contributed by atoms with van der Waals surface area (Å²) in [6.07, 6.45) is 1.60. The molecule has 0 bridgehead atoms. The van der Waals surface area contributed by atoms with Crippen LogP contribution < -0.4 is 11.1 Å². The molecule has 1 aromatic carbocycles. The van der Waals surface area contributed by atoms with Gasteiger partial charge in [-0.3, -0.25) is 9.59 Å². The van der Waals surface area contributed by atoms with Gasteiger partial charge in [0.1, 0.15) is 5.76 Å². The lowest BCUT2D eigenvalue weighted by molar-refractivity contribution is 0.520. The van der Waals surface area contributed by atoms with Gasteiger partial charge in [0.05, 0.1) is 22.1 Å². The van der Waals surface area contributed by atoms with Crippen molar-refractivity contribution in [1.29, 1.82) is 0 Å². The van der Waals surface area contributed by atoms with Crippen LogP contribution >= 0.6 is 15.9 Å². The number of hydrogen-bond donors (Lipinski definition) is 2. The highest BCUT2D eigenvalue weighted by Gasteiger charge is 2.13. The first kappa shape index (κ1) is 12.0. The van der Waals surface area contributed by atoms with Crippen LogP contribution in [0.2, 0.25) is 0 Å². The van der Waals surface area contributed by atoms with Crippen molar-refractivity contribution in [3.8, 4) is 0 Å². The summed E-state index contributed by atoms with van der Waals surface area (Å²) >= 11 is 3.53. The second-order valence-electron chi connectivity index (χ2n) is 4.09. The normalized spacial score (nSPS) is 12.7. The minimum absolute atomic E-state index is 0.109. The maximum Gasteiger partial charge on any atom is 0.314 e. The molecule has 0 aliphatic carbocycles. The Morgan fingerprint density at radius 3 is 2.47 bits per heavy atom. The van der Waals surface area contributed by atoms with Crippen molar-refractivity contribution in [1.82, 2.24) is 9.97 Å². The van der Waals surface area contributed by atoms with Gasteiger partial charge in [0.15, 0.2) is 0 Å². The summed E-state index contributed by atoms with van der Waals surface area (Å²) in [7, 11) is 0. The second kappa shape index (κ2) is 4.55. The lowest BCUT2D eigenvalue weighted by atomic mass is 10.1. The molecule has 0 radical (unpaired) electrons. The maximum absolute atomic E-state index is 11.3. The smallest absolute Gasteiger partial charge is 0.314 e. The number of fused-ring (bicyclic) bond motifs is 1. The number of alkyl halides is 1. The molecule has 0 fully saturated rings. The Balaban J connectivity index is 2.14. The van der Waals surface area contributed by atoms with Gasteiger partial charge >= 0.3 is 11.1 Å². The Morgan fingerprint density at radius 1 is 1.05 bits per heavy atom. The van der Waals surface area contributed by atoms with Crippen molar-refractivity contribution in [2.45, 2.75) is 4.83 Å². The number of aromatic nitrogens is 2. The average molecular weight is 321 g/mol.